The van der Waals surface area contributed by atoms with Crippen molar-refractivity contribution in [1.29, 1.82) is 0 Å². The summed E-state index contributed by atoms with van der Waals surface area (Å²) < 4.78 is 0. The van der Waals surface area contributed by atoms with Gasteiger partial charge in [0.25, 0.3) is 0 Å². The molecular weight excluding hydrogens is 208 g/mol. The van der Waals surface area contributed by atoms with Gasteiger partial charge in [-0.1, -0.05) is 75.4 Å². The van der Waals surface area contributed by atoms with Crippen molar-refractivity contribution in [3.8, 4) is 0 Å². The molecule has 0 N–H and O–H groups in total. The van der Waals surface area contributed by atoms with Crippen LogP contribution in [0.2, 0.25) is 0 Å². The second kappa shape index (κ2) is 14.9. The second-order valence-corrected chi connectivity index (χ2v) is 4.27. The molecule has 0 aliphatic rings. The average molecular weight is 236 g/mol. The standard InChI is InChI=1S/C7H8.C6H14.C3H6O/c1-7-5-3-2-4-6-7;1-3-5-6-4-2;1-3(2)4/h2-6H,1H3;3-6H2,1-2H3;1-2H3. The molecule has 0 aromatic heterocycles. The van der Waals surface area contributed by atoms with Gasteiger partial charge in [-0.05, 0) is 20.8 Å². The van der Waals surface area contributed by atoms with Gasteiger partial charge in [-0.3, -0.25) is 0 Å². The molecule has 0 bridgehead atoms. The minimum Gasteiger partial charge on any atom is -0.300 e. The second-order valence-electron chi connectivity index (χ2n) is 4.27. The zero-order valence-corrected chi connectivity index (χ0v) is 12.1. The SMILES string of the molecule is CC(C)=O.CCCCCC.Cc1ccccc1. The van der Waals surface area contributed by atoms with Gasteiger partial charge in [0, 0.05) is 0 Å². The van der Waals surface area contributed by atoms with Gasteiger partial charge >= 0.3 is 0 Å². The fourth-order valence-electron chi connectivity index (χ4n) is 1.03. The molecule has 0 fully saturated rings. The first-order chi connectivity index (χ1) is 8.04. The number of unbranched alkanes of at least 4 members (excludes halogenated alkanes) is 3. The molecule has 0 spiro atoms. The van der Waals surface area contributed by atoms with Crippen LogP contribution in [-0.4, -0.2) is 5.78 Å². The van der Waals surface area contributed by atoms with Gasteiger partial charge in [0.1, 0.15) is 5.78 Å². The first-order valence-corrected chi connectivity index (χ1v) is 6.53. The molecule has 1 heteroatoms. The molecule has 1 aromatic carbocycles. The van der Waals surface area contributed by atoms with Gasteiger partial charge in [-0.15, -0.1) is 0 Å². The molecule has 17 heavy (non-hydrogen) atoms. The van der Waals surface area contributed by atoms with E-state index in [2.05, 4.69) is 32.9 Å². The third kappa shape index (κ3) is 25.3. The van der Waals surface area contributed by atoms with Crippen LogP contribution in [0, 0.1) is 6.92 Å². The van der Waals surface area contributed by atoms with Crippen LogP contribution >= 0.6 is 0 Å². The number of benzene rings is 1. The van der Waals surface area contributed by atoms with Crippen LogP contribution in [0.5, 0.6) is 0 Å². The molecule has 0 amide bonds. The fourth-order valence-corrected chi connectivity index (χ4v) is 1.03. The highest BCUT2D eigenvalue weighted by molar-refractivity contribution is 5.72. The summed E-state index contributed by atoms with van der Waals surface area (Å²) in [5.41, 5.74) is 1.32. The van der Waals surface area contributed by atoms with Gasteiger partial charge in [-0.2, -0.15) is 0 Å². The lowest BCUT2D eigenvalue weighted by atomic mass is 10.2. The van der Waals surface area contributed by atoms with Gasteiger partial charge in [0.05, 0.1) is 0 Å². The Morgan fingerprint density at radius 1 is 0.941 bits per heavy atom. The van der Waals surface area contributed by atoms with Gasteiger partial charge in [0.2, 0.25) is 0 Å². The van der Waals surface area contributed by atoms with Crippen molar-refractivity contribution in [2.45, 2.75) is 60.3 Å². The minimum absolute atomic E-state index is 0.167. The van der Waals surface area contributed by atoms with E-state index < -0.39 is 0 Å². The summed E-state index contributed by atoms with van der Waals surface area (Å²) in [6.45, 7) is 9.60. The van der Waals surface area contributed by atoms with Crippen LogP contribution in [0.4, 0.5) is 0 Å². The maximum atomic E-state index is 9.44. The quantitative estimate of drug-likeness (QED) is 0.661. The lowest BCUT2D eigenvalue weighted by Gasteiger charge is -1.86. The fraction of sp³-hybridized carbons (Fsp3) is 0.562. The Balaban J connectivity index is 0. The highest BCUT2D eigenvalue weighted by atomic mass is 16.1. The van der Waals surface area contributed by atoms with E-state index in [0.29, 0.717) is 0 Å². The van der Waals surface area contributed by atoms with E-state index in [4.69, 9.17) is 0 Å². The van der Waals surface area contributed by atoms with Gasteiger partial charge < -0.3 is 4.79 Å². The van der Waals surface area contributed by atoms with E-state index in [0.717, 1.165) is 0 Å². The molecule has 98 valence electrons. The van der Waals surface area contributed by atoms with Crippen molar-refractivity contribution >= 4 is 5.78 Å². The van der Waals surface area contributed by atoms with Gasteiger partial charge in [-0.25, -0.2) is 0 Å². The van der Waals surface area contributed by atoms with Crippen LogP contribution in [-0.2, 0) is 4.79 Å². The number of hydrogen-bond donors (Lipinski definition) is 0. The van der Waals surface area contributed by atoms with Crippen molar-refractivity contribution in [1.82, 2.24) is 0 Å². The van der Waals surface area contributed by atoms with Crippen LogP contribution in [0.25, 0.3) is 0 Å². The van der Waals surface area contributed by atoms with Gasteiger partial charge in [0.15, 0.2) is 0 Å². The summed E-state index contributed by atoms with van der Waals surface area (Å²) in [5, 5.41) is 0. The number of hydrogen-bond acceptors (Lipinski definition) is 1. The summed E-state index contributed by atoms with van der Waals surface area (Å²) in [7, 11) is 0. The molecule has 1 rings (SSSR count). The maximum Gasteiger partial charge on any atom is 0.126 e. The average Bonchev–Trinajstić information content (AvgIpc) is 2.27. The van der Waals surface area contributed by atoms with Crippen molar-refractivity contribution in [2.24, 2.45) is 0 Å². The molecular formula is C16H28O. The number of rotatable bonds is 3. The summed E-state index contributed by atoms with van der Waals surface area (Å²) in [5.74, 6) is 0.167. The predicted molar refractivity (Wildman–Crippen MR) is 77.4 cm³/mol. The van der Waals surface area contributed by atoms with Crippen LogP contribution < -0.4 is 0 Å². The van der Waals surface area contributed by atoms with E-state index in [9.17, 15) is 4.79 Å². The molecule has 0 saturated carbocycles. The van der Waals surface area contributed by atoms with Crippen molar-refractivity contribution < 1.29 is 4.79 Å². The van der Waals surface area contributed by atoms with Crippen LogP contribution in [0.3, 0.4) is 0 Å². The number of carbonyl (C=O) groups is 1. The Morgan fingerprint density at radius 3 is 1.47 bits per heavy atom. The molecule has 0 radical (unpaired) electrons. The van der Waals surface area contributed by atoms with E-state index in [1.807, 2.05) is 18.2 Å². The van der Waals surface area contributed by atoms with E-state index in [-0.39, 0.29) is 5.78 Å². The number of Topliss-reactive ketones (excluding diaryl/α,β-unsaturated/α-hetero) is 1. The Labute approximate surface area is 107 Å². The molecule has 1 nitrogen and oxygen atoms in total. The molecule has 0 unspecified atom stereocenters. The Bertz CT molecular complexity index is 243. The normalized spacial score (nSPS) is 8.29. The first-order valence-electron chi connectivity index (χ1n) is 6.53. The monoisotopic (exact) mass is 236 g/mol. The highest BCUT2D eigenvalue weighted by Crippen LogP contribution is 1.95. The van der Waals surface area contributed by atoms with Crippen LogP contribution in [0.1, 0.15) is 58.9 Å². The molecule has 0 saturated heterocycles. The number of aryl methyl sites for hydroxylation is 1. The maximum absolute atomic E-state index is 9.44. The zero-order chi connectivity index (χ0) is 13.5. The smallest absolute Gasteiger partial charge is 0.126 e. The predicted octanol–water partition coefficient (Wildman–Crippen LogP) is 5.18. The molecule has 1 aromatic rings. The van der Waals surface area contributed by atoms with Crippen LogP contribution in [0.15, 0.2) is 30.3 Å². The summed E-state index contributed by atoms with van der Waals surface area (Å²) in [6, 6.07) is 10.3. The lowest BCUT2D eigenvalue weighted by molar-refractivity contribution is -0.114. The molecule has 0 aliphatic carbocycles. The summed E-state index contributed by atoms with van der Waals surface area (Å²) in [4.78, 5) is 9.44. The molecule has 0 atom stereocenters. The lowest BCUT2D eigenvalue weighted by Crippen LogP contribution is -1.69. The molecule has 0 heterocycles. The Morgan fingerprint density at radius 2 is 1.29 bits per heavy atom. The summed E-state index contributed by atoms with van der Waals surface area (Å²) in [6.07, 6.45) is 5.54. The highest BCUT2D eigenvalue weighted by Gasteiger charge is 1.75. The molecule has 0 aliphatic heterocycles. The largest absolute Gasteiger partial charge is 0.300 e. The first kappa shape index (κ1) is 18.3. The minimum atomic E-state index is 0.167. The van der Waals surface area contributed by atoms with Crippen molar-refractivity contribution in [3.05, 3.63) is 35.9 Å². The van der Waals surface area contributed by atoms with Crippen molar-refractivity contribution in [3.63, 3.8) is 0 Å². The summed E-state index contributed by atoms with van der Waals surface area (Å²) >= 11 is 0. The Hall–Kier alpha value is -1.11. The third-order valence-electron chi connectivity index (χ3n) is 1.90. The number of ketones is 1. The van der Waals surface area contributed by atoms with Crippen molar-refractivity contribution in [2.75, 3.05) is 0 Å². The topological polar surface area (TPSA) is 17.1 Å². The van der Waals surface area contributed by atoms with E-state index in [1.165, 1.54) is 45.1 Å². The van der Waals surface area contributed by atoms with E-state index >= 15 is 0 Å². The van der Waals surface area contributed by atoms with E-state index in [1.54, 1.807) is 0 Å². The third-order valence-corrected chi connectivity index (χ3v) is 1.90. The Kier molecular flexibility index (Phi) is 16.0. The number of carbonyl (C=O) groups excluding carboxylic acids is 1. The zero-order valence-electron chi connectivity index (χ0n) is 12.1.